The van der Waals surface area contributed by atoms with Crippen LogP contribution in [0.5, 0.6) is 0 Å². The number of hydrogen-bond acceptors (Lipinski definition) is 4. The Bertz CT molecular complexity index is 732. The van der Waals surface area contributed by atoms with E-state index in [2.05, 4.69) is 0 Å². The molecule has 0 unspecified atom stereocenters. The lowest BCUT2D eigenvalue weighted by atomic mass is 9.95. The van der Waals surface area contributed by atoms with E-state index in [0.29, 0.717) is 48.3 Å². The number of ether oxygens (including phenoxy) is 1. The number of piperidine rings is 1. The Morgan fingerprint density at radius 3 is 2.54 bits per heavy atom. The van der Waals surface area contributed by atoms with E-state index < -0.39 is 6.04 Å². The predicted octanol–water partition coefficient (Wildman–Crippen LogP) is 1.48. The van der Waals surface area contributed by atoms with Gasteiger partial charge in [-0.2, -0.15) is 0 Å². The number of likely N-dealkylation sites (tertiary alicyclic amines) is 1. The van der Waals surface area contributed by atoms with E-state index in [9.17, 15) is 14.4 Å². The van der Waals surface area contributed by atoms with Crippen LogP contribution in [0.3, 0.4) is 0 Å². The Balaban J connectivity index is 1.68. The lowest BCUT2D eigenvalue weighted by Crippen LogP contribution is -3.17. The molecule has 26 heavy (non-hydrogen) atoms. The molecule has 2 aliphatic rings. The first-order valence-corrected chi connectivity index (χ1v) is 9.51. The first-order valence-electron chi connectivity index (χ1n) is 8.75. The number of esters is 1. The van der Waals surface area contributed by atoms with Crippen LogP contribution >= 0.6 is 23.2 Å². The molecule has 1 N–H and O–H groups in total. The molecular weight excluding hydrogens is 379 g/mol. The fraction of sp³-hybridized carbons (Fsp3) is 0.500. The van der Waals surface area contributed by atoms with E-state index in [0.717, 1.165) is 4.90 Å². The molecule has 0 aliphatic carbocycles. The molecule has 1 aromatic carbocycles. The Hall–Kier alpha value is -1.63. The smallest absolute Gasteiger partial charge is 0.309 e. The van der Waals surface area contributed by atoms with Gasteiger partial charge in [0.2, 0.25) is 5.91 Å². The highest BCUT2D eigenvalue weighted by Crippen LogP contribution is 2.30. The molecule has 0 spiro atoms. The summed E-state index contributed by atoms with van der Waals surface area (Å²) in [6.07, 6.45) is 1.50. The second kappa shape index (κ2) is 7.94. The van der Waals surface area contributed by atoms with Crippen molar-refractivity contribution in [1.29, 1.82) is 0 Å². The minimum Gasteiger partial charge on any atom is -0.466 e. The molecule has 0 saturated carbocycles. The Morgan fingerprint density at radius 2 is 1.92 bits per heavy atom. The van der Waals surface area contributed by atoms with Gasteiger partial charge < -0.3 is 9.64 Å². The van der Waals surface area contributed by atoms with Crippen LogP contribution in [-0.2, 0) is 19.1 Å². The fourth-order valence-corrected chi connectivity index (χ4v) is 3.97. The van der Waals surface area contributed by atoms with Crippen LogP contribution in [0.25, 0.3) is 0 Å². The number of nitrogens with zero attached hydrogens (tertiary/aromatic N) is 1. The monoisotopic (exact) mass is 399 g/mol. The van der Waals surface area contributed by atoms with Gasteiger partial charge in [0.15, 0.2) is 6.04 Å². The average Bonchev–Trinajstić information content (AvgIpc) is 2.92. The largest absolute Gasteiger partial charge is 0.466 e. The zero-order valence-corrected chi connectivity index (χ0v) is 16.0. The van der Waals surface area contributed by atoms with Gasteiger partial charge in [-0.25, -0.2) is 4.90 Å². The van der Waals surface area contributed by atoms with Crippen LogP contribution in [-0.4, -0.2) is 43.5 Å². The summed E-state index contributed by atoms with van der Waals surface area (Å²) in [5.41, 5.74) is 0.442. The number of amides is 2. The molecule has 0 aromatic heterocycles. The van der Waals surface area contributed by atoms with Crippen molar-refractivity contribution in [1.82, 2.24) is 0 Å². The summed E-state index contributed by atoms with van der Waals surface area (Å²) in [6.45, 7) is 3.50. The second-order valence-corrected chi connectivity index (χ2v) is 7.42. The molecule has 1 aromatic rings. The fourth-order valence-electron chi connectivity index (χ4n) is 3.68. The van der Waals surface area contributed by atoms with Gasteiger partial charge >= 0.3 is 5.97 Å². The number of imide groups is 1. The van der Waals surface area contributed by atoms with Crippen molar-refractivity contribution < 1.29 is 24.0 Å². The summed E-state index contributed by atoms with van der Waals surface area (Å²) in [5, 5.41) is 0.675. The second-order valence-electron chi connectivity index (χ2n) is 6.61. The third kappa shape index (κ3) is 3.72. The standard InChI is InChI=1S/C18H20Cl2N2O4/c1-2-26-18(25)11-5-7-21(8-6-11)15-10-16(23)22(17(15)24)12-3-4-13(19)14(20)9-12/h3-4,9,11,15H,2,5-8,10H2,1H3/p+1/t15-/m0/s1. The van der Waals surface area contributed by atoms with Crippen LogP contribution in [0.1, 0.15) is 26.2 Å². The van der Waals surface area contributed by atoms with E-state index in [1.54, 1.807) is 19.1 Å². The number of hydrogen-bond donors (Lipinski definition) is 1. The van der Waals surface area contributed by atoms with E-state index in [-0.39, 0.29) is 30.1 Å². The number of anilines is 1. The summed E-state index contributed by atoms with van der Waals surface area (Å²) in [4.78, 5) is 39.4. The zero-order valence-electron chi connectivity index (χ0n) is 14.5. The lowest BCUT2D eigenvalue weighted by molar-refractivity contribution is -0.920. The summed E-state index contributed by atoms with van der Waals surface area (Å²) in [5.74, 6) is -0.744. The third-order valence-corrected chi connectivity index (χ3v) is 5.79. The van der Waals surface area contributed by atoms with Crippen molar-refractivity contribution in [3.63, 3.8) is 0 Å². The highest BCUT2D eigenvalue weighted by atomic mass is 35.5. The summed E-state index contributed by atoms with van der Waals surface area (Å²) in [6, 6.07) is 4.31. The molecule has 2 heterocycles. The van der Waals surface area contributed by atoms with Crippen molar-refractivity contribution in [3.8, 4) is 0 Å². The molecule has 140 valence electrons. The summed E-state index contributed by atoms with van der Waals surface area (Å²) >= 11 is 11.9. The average molecular weight is 400 g/mol. The predicted molar refractivity (Wildman–Crippen MR) is 97.4 cm³/mol. The van der Waals surface area contributed by atoms with Gasteiger partial charge in [-0.05, 0) is 25.1 Å². The molecule has 0 radical (unpaired) electrons. The number of carbonyl (C=O) groups excluding carboxylic acids is 3. The van der Waals surface area contributed by atoms with Crippen molar-refractivity contribution in [2.45, 2.75) is 32.2 Å². The molecular formula is C18H21Cl2N2O4+. The number of quaternary nitrogens is 1. The number of benzene rings is 1. The number of carbonyl (C=O) groups is 3. The molecule has 6 nitrogen and oxygen atoms in total. The van der Waals surface area contributed by atoms with Gasteiger partial charge in [-0.3, -0.25) is 14.4 Å². The Morgan fingerprint density at radius 1 is 1.23 bits per heavy atom. The van der Waals surface area contributed by atoms with Gasteiger partial charge in [0, 0.05) is 12.8 Å². The van der Waals surface area contributed by atoms with Crippen LogP contribution in [0.4, 0.5) is 5.69 Å². The maximum absolute atomic E-state index is 12.8. The van der Waals surface area contributed by atoms with Crippen molar-refractivity contribution >= 4 is 46.7 Å². The van der Waals surface area contributed by atoms with Gasteiger partial charge in [-0.15, -0.1) is 0 Å². The van der Waals surface area contributed by atoms with Crippen molar-refractivity contribution in [2.24, 2.45) is 5.92 Å². The van der Waals surface area contributed by atoms with Crippen LogP contribution in [0.2, 0.25) is 10.0 Å². The lowest BCUT2D eigenvalue weighted by Gasteiger charge is -2.31. The quantitative estimate of drug-likeness (QED) is 0.614. The highest BCUT2D eigenvalue weighted by Gasteiger charge is 2.47. The topological polar surface area (TPSA) is 68.1 Å². The maximum Gasteiger partial charge on any atom is 0.309 e. The van der Waals surface area contributed by atoms with Gasteiger partial charge in [0.05, 0.1) is 47.8 Å². The van der Waals surface area contributed by atoms with Crippen LogP contribution in [0.15, 0.2) is 18.2 Å². The van der Waals surface area contributed by atoms with Crippen LogP contribution < -0.4 is 9.80 Å². The minimum atomic E-state index is -0.417. The van der Waals surface area contributed by atoms with Gasteiger partial charge in [0.1, 0.15) is 0 Å². The molecule has 8 heteroatoms. The zero-order chi connectivity index (χ0) is 18.8. The number of rotatable bonds is 4. The van der Waals surface area contributed by atoms with Gasteiger partial charge in [0.25, 0.3) is 5.91 Å². The van der Waals surface area contributed by atoms with Crippen molar-refractivity contribution in [2.75, 3.05) is 24.6 Å². The number of halogens is 2. The molecule has 2 saturated heterocycles. The summed E-state index contributed by atoms with van der Waals surface area (Å²) in [7, 11) is 0. The van der Waals surface area contributed by atoms with Crippen LogP contribution in [0, 0.1) is 5.92 Å². The molecule has 0 bridgehead atoms. The minimum absolute atomic E-state index is 0.114. The number of nitrogens with one attached hydrogen (secondary N) is 1. The van der Waals surface area contributed by atoms with E-state index in [4.69, 9.17) is 27.9 Å². The highest BCUT2D eigenvalue weighted by molar-refractivity contribution is 6.42. The van der Waals surface area contributed by atoms with Gasteiger partial charge in [-0.1, -0.05) is 23.2 Å². The normalized spacial score (nSPS) is 26.3. The maximum atomic E-state index is 12.8. The summed E-state index contributed by atoms with van der Waals surface area (Å²) < 4.78 is 5.08. The molecule has 2 aliphatic heterocycles. The molecule has 1 atom stereocenters. The third-order valence-electron chi connectivity index (χ3n) is 5.05. The Labute approximate surface area is 162 Å². The molecule has 2 fully saturated rings. The molecule has 3 rings (SSSR count). The SMILES string of the molecule is CCOC(=O)C1CC[NH+]([C@H]2CC(=O)N(c3ccc(Cl)c(Cl)c3)C2=O)CC1. The van der Waals surface area contributed by atoms with E-state index >= 15 is 0 Å². The Kier molecular flexibility index (Phi) is 5.85. The van der Waals surface area contributed by atoms with E-state index in [1.165, 1.54) is 11.0 Å². The molecule has 2 amide bonds. The van der Waals surface area contributed by atoms with E-state index in [1.807, 2.05) is 0 Å². The first kappa shape index (κ1) is 19.1. The van der Waals surface area contributed by atoms with Crippen molar-refractivity contribution in [3.05, 3.63) is 28.2 Å². The first-order chi connectivity index (χ1) is 12.4.